The van der Waals surface area contributed by atoms with Crippen LogP contribution in [0.15, 0.2) is 24.3 Å². The number of carbonyl (C=O) groups is 1. The fraction of sp³-hybridized carbons (Fsp3) is 0.533. The molecule has 1 aromatic rings. The predicted octanol–water partition coefficient (Wildman–Crippen LogP) is 1.99. The topological polar surface area (TPSA) is 40.5 Å². The molecule has 1 unspecified atom stereocenters. The van der Waals surface area contributed by atoms with Gasteiger partial charge in [-0.3, -0.25) is 4.79 Å². The maximum Gasteiger partial charge on any atom is 0.227 e. The molecule has 1 aliphatic rings. The van der Waals surface area contributed by atoms with Crippen LogP contribution in [0.2, 0.25) is 0 Å². The van der Waals surface area contributed by atoms with Crippen molar-refractivity contribution in [1.29, 1.82) is 0 Å². The molecule has 0 spiro atoms. The van der Waals surface area contributed by atoms with Crippen molar-refractivity contribution in [3.63, 3.8) is 0 Å². The van der Waals surface area contributed by atoms with E-state index >= 15 is 0 Å². The van der Waals surface area contributed by atoms with Crippen LogP contribution in [-0.4, -0.2) is 35.1 Å². The molecular formula is C15H20FNO2. The summed E-state index contributed by atoms with van der Waals surface area (Å²) in [5.74, 6) is -0.328. The summed E-state index contributed by atoms with van der Waals surface area (Å²) in [5.41, 5.74) is 0.407. The van der Waals surface area contributed by atoms with Crippen molar-refractivity contribution in [1.82, 2.24) is 4.90 Å². The van der Waals surface area contributed by atoms with E-state index < -0.39 is 0 Å². The van der Waals surface area contributed by atoms with Crippen LogP contribution in [0, 0.1) is 11.2 Å². The minimum Gasteiger partial charge on any atom is -0.392 e. The maximum absolute atomic E-state index is 13.1. The zero-order chi connectivity index (χ0) is 14.0. The molecule has 104 valence electrons. The molecule has 1 atom stereocenters. The molecular weight excluding hydrogens is 245 g/mol. The van der Waals surface area contributed by atoms with Gasteiger partial charge in [0.05, 0.1) is 12.5 Å². The molecule has 1 aliphatic heterocycles. The molecule has 1 N–H and O–H groups in total. The highest BCUT2D eigenvalue weighted by Gasteiger charge is 2.36. The highest BCUT2D eigenvalue weighted by molar-refractivity contribution is 5.79. The monoisotopic (exact) mass is 265 g/mol. The Labute approximate surface area is 113 Å². The van der Waals surface area contributed by atoms with Crippen LogP contribution >= 0.6 is 0 Å². The van der Waals surface area contributed by atoms with E-state index in [9.17, 15) is 14.3 Å². The number of halogens is 1. The molecule has 0 saturated carbocycles. The third kappa shape index (κ3) is 3.32. The fourth-order valence-corrected chi connectivity index (χ4v) is 2.49. The SMILES string of the molecule is CC1(C)CN(C(=O)Cc2cccc(F)c2)CCC1O. The second-order valence-corrected chi connectivity index (χ2v) is 5.92. The van der Waals surface area contributed by atoms with Crippen LogP contribution in [0.1, 0.15) is 25.8 Å². The summed E-state index contributed by atoms with van der Waals surface area (Å²) in [6.07, 6.45) is 0.442. The first-order valence-electron chi connectivity index (χ1n) is 6.59. The Morgan fingerprint density at radius 2 is 2.26 bits per heavy atom. The first-order chi connectivity index (χ1) is 8.88. The van der Waals surface area contributed by atoms with E-state index in [1.165, 1.54) is 12.1 Å². The van der Waals surface area contributed by atoms with Gasteiger partial charge in [0.15, 0.2) is 0 Å². The molecule has 19 heavy (non-hydrogen) atoms. The minimum atomic E-state index is -0.370. The average molecular weight is 265 g/mol. The quantitative estimate of drug-likeness (QED) is 0.888. The van der Waals surface area contributed by atoms with Gasteiger partial charge in [0.2, 0.25) is 5.91 Å². The maximum atomic E-state index is 13.1. The Balaban J connectivity index is 2.01. The smallest absolute Gasteiger partial charge is 0.227 e. The van der Waals surface area contributed by atoms with Crippen LogP contribution in [-0.2, 0) is 11.2 Å². The number of amides is 1. The second kappa shape index (κ2) is 5.29. The van der Waals surface area contributed by atoms with E-state index in [0.29, 0.717) is 25.1 Å². The predicted molar refractivity (Wildman–Crippen MR) is 71.1 cm³/mol. The Hall–Kier alpha value is -1.42. The number of aliphatic hydroxyl groups excluding tert-OH is 1. The van der Waals surface area contributed by atoms with Gasteiger partial charge >= 0.3 is 0 Å². The van der Waals surface area contributed by atoms with Gasteiger partial charge in [0, 0.05) is 18.5 Å². The Bertz CT molecular complexity index is 473. The van der Waals surface area contributed by atoms with E-state index in [1.54, 1.807) is 17.0 Å². The molecule has 0 radical (unpaired) electrons. The molecule has 0 bridgehead atoms. The second-order valence-electron chi connectivity index (χ2n) is 5.92. The lowest BCUT2D eigenvalue weighted by Gasteiger charge is -2.41. The third-order valence-corrected chi connectivity index (χ3v) is 3.77. The summed E-state index contributed by atoms with van der Waals surface area (Å²) >= 11 is 0. The van der Waals surface area contributed by atoms with Crippen molar-refractivity contribution in [3.8, 4) is 0 Å². The molecule has 1 amide bonds. The first kappa shape index (κ1) is 14.0. The van der Waals surface area contributed by atoms with Gasteiger partial charge in [0.25, 0.3) is 0 Å². The van der Waals surface area contributed by atoms with Gasteiger partial charge in [0.1, 0.15) is 5.82 Å². The number of likely N-dealkylation sites (tertiary alicyclic amines) is 1. The number of hydrogen-bond acceptors (Lipinski definition) is 2. The molecule has 2 rings (SSSR count). The molecule has 1 aromatic carbocycles. The molecule has 1 fully saturated rings. The van der Waals surface area contributed by atoms with Crippen molar-refractivity contribution in [2.45, 2.75) is 32.8 Å². The summed E-state index contributed by atoms with van der Waals surface area (Å²) in [5, 5.41) is 9.88. The number of benzene rings is 1. The van der Waals surface area contributed by atoms with Crippen LogP contribution in [0.5, 0.6) is 0 Å². The van der Waals surface area contributed by atoms with Crippen molar-refractivity contribution < 1.29 is 14.3 Å². The van der Waals surface area contributed by atoms with E-state index in [-0.39, 0.29) is 29.7 Å². The Morgan fingerprint density at radius 3 is 2.89 bits per heavy atom. The van der Waals surface area contributed by atoms with E-state index in [0.717, 1.165) is 0 Å². The van der Waals surface area contributed by atoms with Gasteiger partial charge in [-0.15, -0.1) is 0 Å². The van der Waals surface area contributed by atoms with Gasteiger partial charge in [-0.2, -0.15) is 0 Å². The van der Waals surface area contributed by atoms with E-state index in [2.05, 4.69) is 0 Å². The van der Waals surface area contributed by atoms with Crippen molar-refractivity contribution in [3.05, 3.63) is 35.6 Å². The zero-order valence-electron chi connectivity index (χ0n) is 11.4. The minimum absolute atomic E-state index is 0.00873. The number of piperidine rings is 1. The molecule has 4 heteroatoms. The van der Waals surface area contributed by atoms with Crippen LogP contribution < -0.4 is 0 Å². The number of nitrogens with zero attached hydrogens (tertiary/aromatic N) is 1. The lowest BCUT2D eigenvalue weighted by Crippen LogP contribution is -2.51. The normalized spacial score (nSPS) is 22.3. The van der Waals surface area contributed by atoms with Gasteiger partial charge in [-0.1, -0.05) is 26.0 Å². The third-order valence-electron chi connectivity index (χ3n) is 3.77. The standard InChI is InChI=1S/C15H20FNO2/c1-15(2)10-17(7-6-13(15)18)14(19)9-11-4-3-5-12(16)8-11/h3-5,8,13,18H,6-7,9-10H2,1-2H3. The number of aliphatic hydroxyl groups is 1. The van der Waals surface area contributed by atoms with Gasteiger partial charge in [-0.25, -0.2) is 4.39 Å². The highest BCUT2D eigenvalue weighted by Crippen LogP contribution is 2.29. The van der Waals surface area contributed by atoms with Crippen LogP contribution in [0.4, 0.5) is 4.39 Å². The van der Waals surface area contributed by atoms with E-state index in [4.69, 9.17) is 0 Å². The summed E-state index contributed by atoms with van der Waals surface area (Å²) in [7, 11) is 0. The number of hydrogen-bond donors (Lipinski definition) is 1. The summed E-state index contributed by atoms with van der Waals surface area (Å²) < 4.78 is 13.1. The summed E-state index contributed by atoms with van der Waals surface area (Å²) in [6, 6.07) is 6.13. The fourth-order valence-electron chi connectivity index (χ4n) is 2.49. The summed E-state index contributed by atoms with van der Waals surface area (Å²) in [4.78, 5) is 14.0. The molecule has 0 aromatic heterocycles. The van der Waals surface area contributed by atoms with Crippen LogP contribution in [0.25, 0.3) is 0 Å². The highest BCUT2D eigenvalue weighted by atomic mass is 19.1. The summed E-state index contributed by atoms with van der Waals surface area (Å²) in [6.45, 7) is 5.03. The zero-order valence-corrected chi connectivity index (χ0v) is 11.4. The number of rotatable bonds is 2. The number of carbonyl (C=O) groups excluding carboxylic acids is 1. The van der Waals surface area contributed by atoms with Crippen molar-refractivity contribution in [2.24, 2.45) is 5.41 Å². The molecule has 1 heterocycles. The Kier molecular flexibility index (Phi) is 3.90. The molecule has 1 saturated heterocycles. The largest absolute Gasteiger partial charge is 0.392 e. The molecule has 0 aliphatic carbocycles. The van der Waals surface area contributed by atoms with Gasteiger partial charge in [-0.05, 0) is 24.1 Å². The van der Waals surface area contributed by atoms with Crippen molar-refractivity contribution in [2.75, 3.05) is 13.1 Å². The van der Waals surface area contributed by atoms with Gasteiger partial charge < -0.3 is 10.0 Å². The van der Waals surface area contributed by atoms with Crippen molar-refractivity contribution >= 4 is 5.91 Å². The van der Waals surface area contributed by atoms with E-state index in [1.807, 2.05) is 13.8 Å². The van der Waals surface area contributed by atoms with Crippen LogP contribution in [0.3, 0.4) is 0 Å². The average Bonchev–Trinajstić information content (AvgIpc) is 2.32. The molecule has 3 nitrogen and oxygen atoms in total. The lowest BCUT2D eigenvalue weighted by molar-refractivity contribution is -0.137. The lowest BCUT2D eigenvalue weighted by atomic mass is 9.81. The Morgan fingerprint density at radius 1 is 1.53 bits per heavy atom. The first-order valence-corrected chi connectivity index (χ1v) is 6.59.